The fourth-order valence-electron chi connectivity index (χ4n) is 4.27. The lowest BCUT2D eigenvalue weighted by molar-refractivity contribution is -0.141. The first-order chi connectivity index (χ1) is 17.2. The first-order valence-corrected chi connectivity index (χ1v) is 10.9. The molecule has 0 aromatic carbocycles. The number of H-pyrrole nitrogens is 1. The van der Waals surface area contributed by atoms with Crippen LogP contribution in [0.15, 0.2) is 35.5 Å². The molecule has 5 rings (SSSR count). The van der Waals surface area contributed by atoms with Crippen LogP contribution in [0.4, 0.5) is 13.2 Å². The monoisotopic (exact) mass is 491 g/mol. The van der Waals surface area contributed by atoms with Crippen molar-refractivity contribution in [2.45, 2.75) is 43.8 Å². The SMILES string of the molecule is CC(c1ccc(C(F)(F)F)nc1)n1nc(C#N)c2c(=O)[nH]c([C@H]3CC[C@@H]3c3ncc(C#N)cn3)nc21. The zero-order valence-electron chi connectivity index (χ0n) is 18.7. The van der Waals surface area contributed by atoms with Gasteiger partial charge in [0, 0.05) is 30.4 Å². The van der Waals surface area contributed by atoms with Crippen molar-refractivity contribution in [3.63, 3.8) is 0 Å². The van der Waals surface area contributed by atoms with E-state index in [1.54, 1.807) is 6.92 Å². The molecule has 180 valence electrons. The summed E-state index contributed by atoms with van der Waals surface area (Å²) in [4.78, 5) is 32.4. The molecule has 4 heterocycles. The highest BCUT2D eigenvalue weighted by Gasteiger charge is 2.38. The van der Waals surface area contributed by atoms with E-state index in [-0.39, 0.29) is 28.6 Å². The van der Waals surface area contributed by atoms with Gasteiger partial charge in [0.05, 0.1) is 11.6 Å². The Morgan fingerprint density at radius 3 is 2.36 bits per heavy atom. The molecule has 0 saturated heterocycles. The van der Waals surface area contributed by atoms with Crippen LogP contribution < -0.4 is 5.56 Å². The van der Waals surface area contributed by atoms with Gasteiger partial charge in [-0.15, -0.1) is 0 Å². The number of pyridine rings is 1. The molecule has 36 heavy (non-hydrogen) atoms. The van der Waals surface area contributed by atoms with Gasteiger partial charge in [-0.2, -0.15) is 28.8 Å². The molecule has 13 heteroatoms. The fourth-order valence-corrected chi connectivity index (χ4v) is 4.27. The summed E-state index contributed by atoms with van der Waals surface area (Å²) >= 11 is 0. The Kier molecular flexibility index (Phi) is 5.48. The van der Waals surface area contributed by atoms with Crippen molar-refractivity contribution in [2.75, 3.05) is 0 Å². The summed E-state index contributed by atoms with van der Waals surface area (Å²) < 4.78 is 40.1. The van der Waals surface area contributed by atoms with E-state index in [0.29, 0.717) is 29.2 Å². The van der Waals surface area contributed by atoms with Crippen LogP contribution in [-0.4, -0.2) is 34.7 Å². The van der Waals surface area contributed by atoms with Gasteiger partial charge < -0.3 is 4.98 Å². The van der Waals surface area contributed by atoms with Gasteiger partial charge in [0.25, 0.3) is 5.56 Å². The molecule has 10 nitrogen and oxygen atoms in total. The van der Waals surface area contributed by atoms with Gasteiger partial charge in [-0.05, 0) is 31.4 Å². The highest BCUT2D eigenvalue weighted by molar-refractivity contribution is 5.80. The minimum atomic E-state index is -4.57. The van der Waals surface area contributed by atoms with Gasteiger partial charge in [-0.1, -0.05) is 6.07 Å². The average Bonchev–Trinajstić information content (AvgIpc) is 3.22. The van der Waals surface area contributed by atoms with Gasteiger partial charge in [0.1, 0.15) is 34.9 Å². The van der Waals surface area contributed by atoms with Crippen LogP contribution in [0.5, 0.6) is 0 Å². The van der Waals surface area contributed by atoms with Crippen molar-refractivity contribution in [1.29, 1.82) is 10.5 Å². The number of aromatic nitrogens is 7. The maximum Gasteiger partial charge on any atom is 0.433 e. The summed E-state index contributed by atoms with van der Waals surface area (Å²) in [7, 11) is 0. The molecule has 1 N–H and O–H groups in total. The van der Waals surface area contributed by atoms with Crippen molar-refractivity contribution in [3.05, 3.63) is 75.2 Å². The van der Waals surface area contributed by atoms with Crippen LogP contribution in [0.3, 0.4) is 0 Å². The van der Waals surface area contributed by atoms with Gasteiger partial charge in [0.2, 0.25) is 0 Å². The van der Waals surface area contributed by atoms with Crippen LogP contribution in [0.2, 0.25) is 0 Å². The standard InChI is InChI=1S/C23H16F3N9O/c1-11(13-2-5-17(29-10-13)23(24,25)26)35-21-18(16(7-28)34-35)22(36)33-20(32-21)15-4-3-14(15)19-30-8-12(6-27)9-31-19/h2,5,8-11,14-15H,3-4H2,1H3,(H,32,33,36)/t11?,14-,15-/m0/s1. The number of rotatable bonds is 4. The second-order valence-electron chi connectivity index (χ2n) is 8.44. The first kappa shape index (κ1) is 23.1. The zero-order chi connectivity index (χ0) is 25.6. The van der Waals surface area contributed by atoms with Crippen molar-refractivity contribution < 1.29 is 13.2 Å². The predicted octanol–water partition coefficient (Wildman–Crippen LogP) is 3.34. The highest BCUT2D eigenvalue weighted by atomic mass is 19.4. The third kappa shape index (κ3) is 3.84. The number of nitriles is 2. The zero-order valence-corrected chi connectivity index (χ0v) is 18.7. The van der Waals surface area contributed by atoms with Crippen LogP contribution in [0.25, 0.3) is 11.0 Å². The number of hydrogen-bond donors (Lipinski definition) is 1. The second kappa shape index (κ2) is 8.53. The number of hydrogen-bond acceptors (Lipinski definition) is 8. The summed E-state index contributed by atoms with van der Waals surface area (Å²) in [6, 6.07) is 5.33. The normalized spacial score (nSPS) is 18.3. The van der Waals surface area contributed by atoms with Crippen LogP contribution >= 0.6 is 0 Å². The maximum absolute atomic E-state index is 13.0. The van der Waals surface area contributed by atoms with E-state index in [4.69, 9.17) is 5.26 Å². The topological polar surface area (TPSA) is 150 Å². The Morgan fingerprint density at radius 1 is 1.08 bits per heavy atom. The third-order valence-corrected chi connectivity index (χ3v) is 6.37. The molecular formula is C23H16F3N9O. The smallest absolute Gasteiger partial charge is 0.310 e. The van der Waals surface area contributed by atoms with E-state index in [1.807, 2.05) is 12.1 Å². The highest BCUT2D eigenvalue weighted by Crippen LogP contribution is 2.46. The molecule has 0 amide bonds. The first-order valence-electron chi connectivity index (χ1n) is 10.9. The van der Waals surface area contributed by atoms with E-state index in [1.165, 1.54) is 23.1 Å². The van der Waals surface area contributed by atoms with Gasteiger partial charge in [-0.3, -0.25) is 9.78 Å². The van der Waals surface area contributed by atoms with Gasteiger partial charge in [-0.25, -0.2) is 19.6 Å². The van der Waals surface area contributed by atoms with Gasteiger partial charge >= 0.3 is 6.18 Å². The van der Waals surface area contributed by atoms with Crippen molar-refractivity contribution >= 4 is 11.0 Å². The Bertz CT molecular complexity index is 1590. The molecule has 0 spiro atoms. The number of nitrogens with zero attached hydrogens (tertiary/aromatic N) is 8. The summed E-state index contributed by atoms with van der Waals surface area (Å²) in [5.41, 5.74) is -0.835. The lowest BCUT2D eigenvalue weighted by atomic mass is 9.72. The molecule has 1 saturated carbocycles. The molecule has 4 aromatic heterocycles. The van der Waals surface area contributed by atoms with Crippen LogP contribution in [0.1, 0.15) is 71.8 Å². The second-order valence-corrected chi connectivity index (χ2v) is 8.44. The largest absolute Gasteiger partial charge is 0.433 e. The minimum Gasteiger partial charge on any atom is -0.310 e. The summed E-state index contributed by atoms with van der Waals surface area (Å²) in [6.07, 6.45) is 0.853. The Morgan fingerprint density at radius 2 is 1.81 bits per heavy atom. The van der Waals surface area contributed by atoms with Crippen molar-refractivity contribution in [3.8, 4) is 12.1 Å². The quantitative estimate of drug-likeness (QED) is 0.457. The van der Waals surface area contributed by atoms with E-state index < -0.39 is 23.5 Å². The average molecular weight is 491 g/mol. The Balaban J connectivity index is 1.55. The Labute approximate surface area is 201 Å². The number of aromatic amines is 1. The van der Waals surface area contributed by atoms with E-state index in [0.717, 1.165) is 18.7 Å². The van der Waals surface area contributed by atoms with E-state index in [9.17, 15) is 23.2 Å². The summed E-state index contributed by atoms with van der Waals surface area (Å²) in [5, 5.41) is 22.7. The number of fused-ring (bicyclic) bond motifs is 1. The summed E-state index contributed by atoms with van der Waals surface area (Å²) in [6.45, 7) is 1.66. The molecule has 1 aliphatic rings. The number of nitrogens with one attached hydrogen (secondary N) is 1. The molecule has 0 bridgehead atoms. The van der Waals surface area contributed by atoms with Crippen molar-refractivity contribution in [1.82, 2.24) is 34.7 Å². The van der Waals surface area contributed by atoms with Gasteiger partial charge in [0.15, 0.2) is 11.3 Å². The Hall–Kier alpha value is -4.65. The molecule has 4 aromatic rings. The number of alkyl halides is 3. The molecule has 1 fully saturated rings. The molecule has 1 unspecified atom stereocenters. The lowest BCUT2D eigenvalue weighted by Crippen LogP contribution is -2.28. The van der Waals surface area contributed by atoms with E-state index in [2.05, 4.69) is 30.0 Å². The van der Waals surface area contributed by atoms with Crippen LogP contribution in [-0.2, 0) is 6.18 Å². The number of halogens is 3. The fraction of sp³-hybridized carbons (Fsp3) is 0.304. The maximum atomic E-state index is 13.0. The van der Waals surface area contributed by atoms with Crippen LogP contribution in [0, 0.1) is 22.7 Å². The molecule has 0 radical (unpaired) electrons. The summed E-state index contributed by atoms with van der Waals surface area (Å²) in [5.74, 6) is 0.581. The van der Waals surface area contributed by atoms with Crippen molar-refractivity contribution in [2.24, 2.45) is 0 Å². The molecule has 0 aliphatic heterocycles. The van der Waals surface area contributed by atoms with E-state index >= 15 is 0 Å². The minimum absolute atomic E-state index is 0.00142. The third-order valence-electron chi connectivity index (χ3n) is 6.37. The predicted molar refractivity (Wildman–Crippen MR) is 117 cm³/mol. The molecule has 1 aliphatic carbocycles. The lowest BCUT2D eigenvalue weighted by Gasteiger charge is -2.34. The molecule has 3 atom stereocenters. The molecular weight excluding hydrogens is 475 g/mol.